The van der Waals surface area contributed by atoms with Gasteiger partial charge in [0.1, 0.15) is 11.3 Å². The van der Waals surface area contributed by atoms with E-state index in [2.05, 4.69) is 25.7 Å². The van der Waals surface area contributed by atoms with Crippen LogP contribution in [-0.4, -0.2) is 34.1 Å². The van der Waals surface area contributed by atoms with E-state index in [9.17, 15) is 4.79 Å². The third-order valence-corrected chi connectivity index (χ3v) is 6.69. The average molecular weight is 505 g/mol. The second-order valence-corrected chi connectivity index (χ2v) is 9.50. The number of nitrogens with one attached hydrogen (secondary N) is 2. The van der Waals surface area contributed by atoms with Crippen molar-refractivity contribution in [3.8, 4) is 11.3 Å². The number of amides is 1. The molecule has 3 aromatic carbocycles. The number of aromatic nitrogens is 3. The molecule has 0 radical (unpaired) electrons. The van der Waals surface area contributed by atoms with Crippen LogP contribution >= 0.6 is 0 Å². The fraction of sp³-hybridized carbons (Fsp3) is 0.200. The van der Waals surface area contributed by atoms with Gasteiger partial charge in [0, 0.05) is 47.4 Å². The number of aryl methyl sites for hydroxylation is 1. The van der Waals surface area contributed by atoms with Crippen molar-refractivity contribution in [1.29, 1.82) is 0 Å². The number of nitrogens with zero attached hydrogens (tertiary/aromatic N) is 4. The lowest BCUT2D eigenvalue weighted by Crippen LogP contribution is -2.30. The van der Waals surface area contributed by atoms with Crippen molar-refractivity contribution in [2.75, 3.05) is 28.6 Å². The molecule has 6 rings (SSSR count). The summed E-state index contributed by atoms with van der Waals surface area (Å²) in [7, 11) is 0. The highest BCUT2D eigenvalue weighted by Crippen LogP contribution is 2.29. The molecule has 0 spiro atoms. The number of rotatable bonds is 6. The second kappa shape index (κ2) is 10.3. The molecule has 0 bridgehead atoms. The summed E-state index contributed by atoms with van der Waals surface area (Å²) in [6.07, 6.45) is 3.67. The van der Waals surface area contributed by atoms with Gasteiger partial charge in [-0.25, -0.2) is 4.98 Å². The normalized spacial score (nSPS) is 13.4. The van der Waals surface area contributed by atoms with Crippen molar-refractivity contribution in [1.82, 2.24) is 15.1 Å². The van der Waals surface area contributed by atoms with Crippen LogP contribution in [0.25, 0.3) is 22.2 Å². The third-order valence-electron chi connectivity index (χ3n) is 6.69. The van der Waals surface area contributed by atoms with E-state index in [4.69, 9.17) is 9.51 Å². The van der Waals surface area contributed by atoms with E-state index in [1.54, 1.807) is 12.1 Å². The van der Waals surface area contributed by atoms with Crippen LogP contribution < -0.4 is 15.5 Å². The molecule has 2 N–H and O–H groups in total. The standard InChI is InChI=1S/C30H28N6O2/c1-20-18-27(36-16-6-3-7-17-36)34-30(31-20)33-24-13-11-23(12-14-24)32-29(37)22-10-15-26-25(19-22)28(38-35-26)21-8-4-2-5-9-21/h2,4-5,8-15,18-19H,3,6-7,16-17H2,1H3,(H,32,37)(H,31,33,34). The molecule has 0 aliphatic carbocycles. The first-order valence-corrected chi connectivity index (χ1v) is 12.9. The molecule has 38 heavy (non-hydrogen) atoms. The van der Waals surface area contributed by atoms with Gasteiger partial charge in [-0.1, -0.05) is 35.5 Å². The Bertz CT molecular complexity index is 1570. The van der Waals surface area contributed by atoms with Gasteiger partial charge in [0.15, 0.2) is 5.76 Å². The first kappa shape index (κ1) is 23.7. The summed E-state index contributed by atoms with van der Waals surface area (Å²) in [4.78, 5) is 24.6. The fourth-order valence-electron chi connectivity index (χ4n) is 4.74. The molecule has 8 heteroatoms. The highest BCUT2D eigenvalue weighted by molar-refractivity contribution is 6.07. The van der Waals surface area contributed by atoms with Crippen molar-refractivity contribution >= 4 is 40.0 Å². The van der Waals surface area contributed by atoms with Gasteiger partial charge < -0.3 is 20.1 Å². The minimum atomic E-state index is -0.207. The molecule has 1 amide bonds. The highest BCUT2D eigenvalue weighted by Gasteiger charge is 2.16. The van der Waals surface area contributed by atoms with E-state index < -0.39 is 0 Å². The van der Waals surface area contributed by atoms with Gasteiger partial charge in [-0.05, 0) is 68.7 Å². The van der Waals surface area contributed by atoms with E-state index in [1.807, 2.05) is 73.7 Å². The zero-order valence-electron chi connectivity index (χ0n) is 21.1. The third kappa shape index (κ3) is 5.06. The fourth-order valence-corrected chi connectivity index (χ4v) is 4.74. The summed E-state index contributed by atoms with van der Waals surface area (Å²) >= 11 is 0. The molecule has 2 aromatic heterocycles. The minimum absolute atomic E-state index is 0.207. The Labute approximate surface area is 220 Å². The maximum atomic E-state index is 13.0. The second-order valence-electron chi connectivity index (χ2n) is 9.50. The lowest BCUT2D eigenvalue weighted by Gasteiger charge is -2.28. The molecule has 0 unspecified atom stereocenters. The maximum absolute atomic E-state index is 13.0. The number of hydrogen-bond donors (Lipinski definition) is 2. The Kier molecular flexibility index (Phi) is 6.44. The summed E-state index contributed by atoms with van der Waals surface area (Å²) in [6.45, 7) is 4.04. The first-order chi connectivity index (χ1) is 18.6. The first-order valence-electron chi connectivity index (χ1n) is 12.9. The lowest BCUT2D eigenvalue weighted by atomic mass is 10.1. The van der Waals surface area contributed by atoms with Gasteiger partial charge in [-0.15, -0.1) is 0 Å². The van der Waals surface area contributed by atoms with E-state index in [-0.39, 0.29) is 5.91 Å². The predicted molar refractivity (Wildman–Crippen MR) is 150 cm³/mol. The van der Waals surface area contributed by atoms with E-state index in [0.717, 1.165) is 41.2 Å². The Balaban J connectivity index is 1.15. The van der Waals surface area contributed by atoms with Gasteiger partial charge in [0.05, 0.1) is 5.39 Å². The van der Waals surface area contributed by atoms with Crippen LogP contribution in [0, 0.1) is 6.92 Å². The minimum Gasteiger partial charge on any atom is -0.356 e. The van der Waals surface area contributed by atoms with Crippen LogP contribution in [0.2, 0.25) is 0 Å². The summed E-state index contributed by atoms with van der Waals surface area (Å²) in [5.41, 5.74) is 4.60. The summed E-state index contributed by atoms with van der Waals surface area (Å²) < 4.78 is 5.56. The van der Waals surface area contributed by atoms with Crippen molar-refractivity contribution in [3.05, 3.63) is 90.1 Å². The van der Waals surface area contributed by atoms with Gasteiger partial charge >= 0.3 is 0 Å². The molecular formula is C30H28N6O2. The summed E-state index contributed by atoms with van der Waals surface area (Å²) in [5.74, 6) is 1.97. The zero-order chi connectivity index (χ0) is 25.9. The monoisotopic (exact) mass is 504 g/mol. The smallest absolute Gasteiger partial charge is 0.255 e. The van der Waals surface area contributed by atoms with Crippen molar-refractivity contribution in [3.63, 3.8) is 0 Å². The van der Waals surface area contributed by atoms with Crippen molar-refractivity contribution in [2.24, 2.45) is 0 Å². The molecule has 1 fully saturated rings. The number of carbonyl (C=O) groups is 1. The SMILES string of the molecule is Cc1cc(N2CCCCC2)nc(Nc2ccc(NC(=O)c3ccc4noc(-c5ccccc5)c4c3)cc2)n1. The van der Waals surface area contributed by atoms with Crippen LogP contribution in [0.3, 0.4) is 0 Å². The quantitative estimate of drug-likeness (QED) is 0.270. The number of piperidine rings is 1. The Morgan fingerprint density at radius 2 is 1.63 bits per heavy atom. The van der Waals surface area contributed by atoms with Crippen molar-refractivity contribution < 1.29 is 9.32 Å². The molecule has 0 saturated carbocycles. The van der Waals surface area contributed by atoms with E-state index in [0.29, 0.717) is 28.5 Å². The molecule has 0 atom stereocenters. The highest BCUT2D eigenvalue weighted by atomic mass is 16.5. The molecule has 1 saturated heterocycles. The molecule has 3 heterocycles. The summed E-state index contributed by atoms with van der Waals surface area (Å²) in [5, 5.41) is 11.2. The van der Waals surface area contributed by atoms with Gasteiger partial charge in [-0.2, -0.15) is 4.98 Å². The maximum Gasteiger partial charge on any atom is 0.255 e. The molecule has 8 nitrogen and oxygen atoms in total. The number of anilines is 4. The number of benzene rings is 3. The van der Waals surface area contributed by atoms with Crippen LogP contribution in [0.15, 0.2) is 83.4 Å². The Morgan fingerprint density at radius 3 is 2.42 bits per heavy atom. The lowest BCUT2D eigenvalue weighted by molar-refractivity contribution is 0.102. The number of fused-ring (bicyclic) bond motifs is 1. The van der Waals surface area contributed by atoms with Gasteiger partial charge in [0.2, 0.25) is 5.95 Å². The van der Waals surface area contributed by atoms with Crippen LogP contribution in [-0.2, 0) is 0 Å². The molecule has 1 aliphatic rings. The molecule has 190 valence electrons. The molecule has 5 aromatic rings. The van der Waals surface area contributed by atoms with E-state index >= 15 is 0 Å². The Hall–Kier alpha value is -4.72. The summed E-state index contributed by atoms with van der Waals surface area (Å²) in [6, 6.07) is 24.7. The molecule has 1 aliphatic heterocycles. The zero-order valence-corrected chi connectivity index (χ0v) is 21.1. The van der Waals surface area contributed by atoms with Gasteiger partial charge in [0.25, 0.3) is 5.91 Å². The topological polar surface area (TPSA) is 96.2 Å². The predicted octanol–water partition coefficient (Wildman–Crippen LogP) is 6.58. The Morgan fingerprint density at radius 1 is 0.868 bits per heavy atom. The van der Waals surface area contributed by atoms with Gasteiger partial charge in [-0.3, -0.25) is 4.79 Å². The molecular weight excluding hydrogens is 476 g/mol. The number of carbonyl (C=O) groups excluding carboxylic acids is 1. The van der Waals surface area contributed by atoms with Crippen LogP contribution in [0.1, 0.15) is 35.3 Å². The van der Waals surface area contributed by atoms with E-state index in [1.165, 1.54) is 19.3 Å². The number of hydrogen-bond acceptors (Lipinski definition) is 7. The largest absolute Gasteiger partial charge is 0.356 e. The van der Waals surface area contributed by atoms with Crippen LogP contribution in [0.4, 0.5) is 23.1 Å². The average Bonchev–Trinajstić information content (AvgIpc) is 3.38. The van der Waals surface area contributed by atoms with Crippen LogP contribution in [0.5, 0.6) is 0 Å². The van der Waals surface area contributed by atoms with Crippen molar-refractivity contribution in [2.45, 2.75) is 26.2 Å².